The van der Waals surface area contributed by atoms with E-state index >= 15 is 0 Å². The third kappa shape index (κ3) is 4.86. The molecule has 1 atom stereocenters. The number of nitrogens with zero attached hydrogens (tertiary/aromatic N) is 2. The average molecular weight is 454 g/mol. The summed E-state index contributed by atoms with van der Waals surface area (Å²) in [5.74, 6) is -1.28. The van der Waals surface area contributed by atoms with Crippen LogP contribution >= 0.6 is 11.5 Å². The first-order chi connectivity index (χ1) is 15.3. The van der Waals surface area contributed by atoms with Gasteiger partial charge in [0.25, 0.3) is 11.8 Å². The van der Waals surface area contributed by atoms with Crippen molar-refractivity contribution >= 4 is 40.6 Å². The quantitative estimate of drug-likeness (QED) is 0.477. The van der Waals surface area contributed by atoms with E-state index in [1.807, 2.05) is 30.3 Å². The molecule has 3 aromatic rings. The Hall–Kier alpha value is -3.92. The van der Waals surface area contributed by atoms with Crippen LogP contribution in [0.4, 0.5) is 11.4 Å². The maximum Gasteiger partial charge on any atom is 0.272 e. The molecule has 1 heterocycles. The predicted molar refractivity (Wildman–Crippen MR) is 123 cm³/mol. The van der Waals surface area contributed by atoms with Gasteiger partial charge >= 0.3 is 0 Å². The van der Waals surface area contributed by atoms with Crippen LogP contribution in [0.2, 0.25) is 0 Å². The molecule has 0 fully saturated rings. The minimum absolute atomic E-state index is 0.0179. The second-order valence-electron chi connectivity index (χ2n) is 6.89. The lowest BCUT2D eigenvalue weighted by molar-refractivity contribution is -0.122. The Morgan fingerprint density at radius 2 is 1.88 bits per heavy atom. The van der Waals surface area contributed by atoms with Crippen LogP contribution in [0.5, 0.6) is 5.75 Å². The first-order valence-corrected chi connectivity index (χ1v) is 10.4. The minimum atomic E-state index is -0.906. The zero-order chi connectivity index (χ0) is 23.3. The summed E-state index contributed by atoms with van der Waals surface area (Å²) in [7, 11) is 1.50. The third-order valence-corrected chi connectivity index (χ3v) is 5.63. The number of primary amides is 1. The number of ether oxygens (including phenoxy) is 1. The Bertz CT molecular complexity index is 1130. The summed E-state index contributed by atoms with van der Waals surface area (Å²) in [6.45, 7) is 1.91. The Balaban J connectivity index is 1.93. The van der Waals surface area contributed by atoms with Gasteiger partial charge in [-0.1, -0.05) is 36.4 Å². The van der Waals surface area contributed by atoms with Crippen LogP contribution < -0.4 is 26.4 Å². The molecule has 10 heteroatoms. The number of nitrogen functional groups attached to an aromatic ring is 1. The van der Waals surface area contributed by atoms with Crippen molar-refractivity contribution in [1.29, 1.82) is 0 Å². The van der Waals surface area contributed by atoms with E-state index in [1.165, 1.54) is 12.0 Å². The Morgan fingerprint density at radius 3 is 2.50 bits per heavy atom. The normalized spacial score (nSPS) is 11.4. The highest BCUT2D eigenvalue weighted by Crippen LogP contribution is 2.29. The molecule has 0 aliphatic carbocycles. The summed E-state index contributed by atoms with van der Waals surface area (Å²) in [5.41, 5.74) is 12.3. The largest absolute Gasteiger partial charge is 0.497 e. The van der Waals surface area contributed by atoms with Gasteiger partial charge in [-0.2, -0.15) is 4.37 Å². The van der Waals surface area contributed by atoms with Crippen LogP contribution in [0.15, 0.2) is 54.6 Å². The van der Waals surface area contributed by atoms with Gasteiger partial charge in [-0.25, -0.2) is 0 Å². The maximum atomic E-state index is 13.5. The second kappa shape index (κ2) is 9.92. The Morgan fingerprint density at radius 1 is 1.16 bits per heavy atom. The van der Waals surface area contributed by atoms with E-state index in [4.69, 9.17) is 16.2 Å². The van der Waals surface area contributed by atoms with Crippen molar-refractivity contribution in [2.45, 2.75) is 19.5 Å². The Kier molecular flexibility index (Phi) is 7.06. The van der Waals surface area contributed by atoms with E-state index in [-0.39, 0.29) is 22.2 Å². The van der Waals surface area contributed by atoms with Gasteiger partial charge in [-0.05, 0) is 36.2 Å². The number of nitrogens with one attached hydrogen (secondary N) is 1. The van der Waals surface area contributed by atoms with Gasteiger partial charge in [0.2, 0.25) is 5.91 Å². The average Bonchev–Trinajstić information content (AvgIpc) is 3.19. The van der Waals surface area contributed by atoms with E-state index in [0.29, 0.717) is 18.0 Å². The van der Waals surface area contributed by atoms with E-state index in [2.05, 4.69) is 9.69 Å². The molecule has 3 amide bonds. The SMILES string of the molecule is COc1cccc(N(C(=O)c2snc(C(N)=O)c2N)C(C)C(=O)NCc2ccccc2)c1. The molecule has 2 aromatic carbocycles. The van der Waals surface area contributed by atoms with Crippen LogP contribution in [0.25, 0.3) is 0 Å². The van der Waals surface area contributed by atoms with Gasteiger partial charge in [0.1, 0.15) is 16.7 Å². The number of carbonyl (C=O) groups is 3. The number of benzene rings is 2. The Labute approximate surface area is 189 Å². The van der Waals surface area contributed by atoms with Crippen LogP contribution in [0.1, 0.15) is 32.6 Å². The number of rotatable bonds is 8. The fraction of sp³-hybridized carbons (Fsp3) is 0.182. The minimum Gasteiger partial charge on any atom is -0.497 e. The molecular formula is C22H23N5O4S. The summed E-state index contributed by atoms with van der Waals surface area (Å²) < 4.78 is 9.16. The van der Waals surface area contributed by atoms with Gasteiger partial charge in [0.05, 0.1) is 12.8 Å². The summed E-state index contributed by atoms with van der Waals surface area (Å²) in [5, 5.41) is 2.84. The summed E-state index contributed by atoms with van der Waals surface area (Å²) in [6, 6.07) is 15.2. The van der Waals surface area contributed by atoms with Gasteiger partial charge in [-0.15, -0.1) is 0 Å². The van der Waals surface area contributed by atoms with Gasteiger partial charge in [0, 0.05) is 18.3 Å². The van der Waals surface area contributed by atoms with E-state index in [9.17, 15) is 14.4 Å². The number of hydrogen-bond acceptors (Lipinski definition) is 7. The molecule has 0 spiro atoms. The first kappa shape index (κ1) is 22.8. The summed E-state index contributed by atoms with van der Waals surface area (Å²) in [6.07, 6.45) is 0. The standard InChI is InChI=1S/C22H23N5O4S/c1-13(21(29)25-12-14-7-4-3-5-8-14)27(15-9-6-10-16(11-15)31-2)22(30)19-17(23)18(20(24)28)26-32-19/h3-11,13H,12,23H2,1-2H3,(H2,24,28)(H,25,29). The number of anilines is 2. The molecule has 0 aliphatic rings. The van der Waals surface area contributed by atoms with Crippen molar-refractivity contribution in [3.05, 3.63) is 70.7 Å². The molecule has 0 bridgehead atoms. The van der Waals surface area contributed by atoms with E-state index in [1.54, 1.807) is 31.2 Å². The fourth-order valence-electron chi connectivity index (χ4n) is 3.07. The van der Waals surface area contributed by atoms with Crippen LogP contribution in [-0.4, -0.2) is 35.2 Å². The second-order valence-corrected chi connectivity index (χ2v) is 7.67. The van der Waals surface area contributed by atoms with Gasteiger partial charge in [0.15, 0.2) is 5.69 Å². The van der Waals surface area contributed by atoms with Crippen molar-refractivity contribution in [3.63, 3.8) is 0 Å². The lowest BCUT2D eigenvalue weighted by atomic mass is 10.1. The van der Waals surface area contributed by atoms with Crippen LogP contribution in [0, 0.1) is 0 Å². The maximum absolute atomic E-state index is 13.5. The molecule has 1 aromatic heterocycles. The predicted octanol–water partition coefficient (Wildman–Crippen LogP) is 2.18. The molecule has 0 saturated carbocycles. The highest BCUT2D eigenvalue weighted by molar-refractivity contribution is 7.09. The van der Waals surface area contributed by atoms with Crippen LogP contribution in [0.3, 0.4) is 0 Å². The zero-order valence-electron chi connectivity index (χ0n) is 17.6. The van der Waals surface area contributed by atoms with Crippen LogP contribution in [-0.2, 0) is 11.3 Å². The number of aromatic nitrogens is 1. The third-order valence-electron chi connectivity index (χ3n) is 4.78. The topological polar surface area (TPSA) is 141 Å². The van der Waals surface area contributed by atoms with Crippen molar-refractivity contribution in [2.75, 3.05) is 17.7 Å². The lowest BCUT2D eigenvalue weighted by Crippen LogP contribution is -2.48. The molecule has 0 saturated heterocycles. The van der Waals surface area contributed by atoms with Crippen molar-refractivity contribution < 1.29 is 19.1 Å². The molecule has 9 nitrogen and oxygen atoms in total. The lowest BCUT2D eigenvalue weighted by Gasteiger charge is -2.28. The van der Waals surface area contributed by atoms with E-state index in [0.717, 1.165) is 17.1 Å². The smallest absolute Gasteiger partial charge is 0.272 e. The van der Waals surface area contributed by atoms with Gasteiger partial charge in [-0.3, -0.25) is 19.3 Å². The van der Waals surface area contributed by atoms with E-state index < -0.39 is 17.9 Å². The van der Waals surface area contributed by atoms with Crippen molar-refractivity contribution in [3.8, 4) is 5.75 Å². The molecule has 3 rings (SSSR count). The number of amides is 3. The number of carbonyl (C=O) groups excluding carboxylic acids is 3. The highest BCUT2D eigenvalue weighted by Gasteiger charge is 2.32. The number of methoxy groups -OCH3 is 1. The number of nitrogens with two attached hydrogens (primary N) is 2. The monoisotopic (exact) mass is 453 g/mol. The van der Waals surface area contributed by atoms with Crippen molar-refractivity contribution in [1.82, 2.24) is 9.69 Å². The highest BCUT2D eigenvalue weighted by atomic mass is 32.1. The molecule has 166 valence electrons. The molecule has 0 radical (unpaired) electrons. The molecule has 1 unspecified atom stereocenters. The molecule has 32 heavy (non-hydrogen) atoms. The first-order valence-electron chi connectivity index (χ1n) is 9.67. The molecule has 5 N–H and O–H groups in total. The molecular weight excluding hydrogens is 430 g/mol. The number of hydrogen-bond donors (Lipinski definition) is 3. The summed E-state index contributed by atoms with van der Waals surface area (Å²) in [4.78, 5) is 39.3. The van der Waals surface area contributed by atoms with Gasteiger partial charge < -0.3 is 21.5 Å². The zero-order valence-corrected chi connectivity index (χ0v) is 18.4. The fourth-order valence-corrected chi connectivity index (χ4v) is 3.81. The van der Waals surface area contributed by atoms with Crippen molar-refractivity contribution in [2.24, 2.45) is 5.73 Å². The summed E-state index contributed by atoms with van der Waals surface area (Å²) >= 11 is 0.755. The molecule has 0 aliphatic heterocycles.